The van der Waals surface area contributed by atoms with Crippen LogP contribution in [0.1, 0.15) is 58.6 Å². The van der Waals surface area contributed by atoms with Crippen LogP contribution in [0.3, 0.4) is 0 Å². The Labute approximate surface area is 204 Å². The molecule has 0 saturated carbocycles. The van der Waals surface area contributed by atoms with E-state index in [9.17, 15) is 14.4 Å². The van der Waals surface area contributed by atoms with Crippen molar-refractivity contribution in [2.45, 2.75) is 50.7 Å². The van der Waals surface area contributed by atoms with Crippen molar-refractivity contribution in [3.05, 3.63) is 64.7 Å². The van der Waals surface area contributed by atoms with Crippen LogP contribution in [0.15, 0.2) is 42.5 Å². The van der Waals surface area contributed by atoms with Crippen molar-refractivity contribution in [2.75, 3.05) is 19.7 Å². The predicted octanol–water partition coefficient (Wildman–Crippen LogP) is 2.73. The van der Waals surface area contributed by atoms with Gasteiger partial charge in [0.25, 0.3) is 5.91 Å². The number of benzene rings is 2. The van der Waals surface area contributed by atoms with E-state index in [2.05, 4.69) is 22.3 Å². The first kappa shape index (κ1) is 23.1. The smallest absolute Gasteiger partial charge is 0.255 e. The van der Waals surface area contributed by atoms with Gasteiger partial charge < -0.3 is 9.64 Å². The van der Waals surface area contributed by atoms with Crippen LogP contribution < -0.4 is 10.1 Å². The quantitative estimate of drug-likeness (QED) is 0.649. The summed E-state index contributed by atoms with van der Waals surface area (Å²) in [7, 11) is 0. The lowest BCUT2D eigenvalue weighted by Gasteiger charge is -2.32. The van der Waals surface area contributed by atoms with Crippen molar-refractivity contribution in [3.8, 4) is 11.8 Å². The average molecular weight is 473 g/mol. The van der Waals surface area contributed by atoms with Crippen LogP contribution >= 0.6 is 0 Å². The maximum atomic E-state index is 12.9. The summed E-state index contributed by atoms with van der Waals surface area (Å²) in [4.78, 5) is 40.7. The zero-order chi connectivity index (χ0) is 24.4. The summed E-state index contributed by atoms with van der Waals surface area (Å²) in [6.07, 6.45) is 2.74. The van der Waals surface area contributed by atoms with E-state index in [1.807, 2.05) is 36.4 Å². The largest absolute Gasteiger partial charge is 0.479 e. The molecule has 0 aromatic heterocycles. The summed E-state index contributed by atoms with van der Waals surface area (Å²) in [6, 6.07) is 15.4. The molecule has 2 saturated heterocycles. The van der Waals surface area contributed by atoms with Gasteiger partial charge in [-0.3, -0.25) is 24.6 Å². The number of nitriles is 1. The Morgan fingerprint density at radius 2 is 1.80 bits per heavy atom. The molecule has 8 heteroatoms. The number of amides is 3. The molecule has 1 N–H and O–H groups in total. The minimum Gasteiger partial charge on any atom is -0.479 e. The van der Waals surface area contributed by atoms with Crippen LogP contribution in [-0.4, -0.2) is 53.3 Å². The summed E-state index contributed by atoms with van der Waals surface area (Å²) in [5.74, 6) is 0.378. The van der Waals surface area contributed by atoms with E-state index in [1.165, 1.54) is 11.1 Å². The van der Waals surface area contributed by atoms with E-state index >= 15 is 0 Å². The van der Waals surface area contributed by atoms with Crippen LogP contribution in [0.2, 0.25) is 0 Å². The number of nitrogens with zero attached hydrogens (tertiary/aromatic N) is 3. The molecule has 180 valence electrons. The van der Waals surface area contributed by atoms with Gasteiger partial charge in [-0.2, -0.15) is 5.26 Å². The molecule has 1 unspecified atom stereocenters. The first-order chi connectivity index (χ1) is 17.0. The second-order valence-electron chi connectivity index (χ2n) is 9.46. The topological polar surface area (TPSA) is 103 Å². The molecular formula is C27H28N4O4. The molecule has 35 heavy (non-hydrogen) atoms. The summed E-state index contributed by atoms with van der Waals surface area (Å²) in [5.41, 5.74) is 4.11. The van der Waals surface area contributed by atoms with Gasteiger partial charge in [-0.25, -0.2) is 0 Å². The number of carbonyl (C=O) groups excluding carboxylic acids is 3. The van der Waals surface area contributed by atoms with Gasteiger partial charge in [0.1, 0.15) is 17.9 Å². The number of carbonyl (C=O) groups is 3. The number of ether oxygens (including phenoxy) is 1. The van der Waals surface area contributed by atoms with E-state index in [0.29, 0.717) is 30.2 Å². The molecule has 0 aliphatic carbocycles. The zero-order valence-electron chi connectivity index (χ0n) is 19.5. The van der Waals surface area contributed by atoms with Gasteiger partial charge in [-0.05, 0) is 73.2 Å². The lowest BCUT2D eigenvalue weighted by molar-refractivity contribution is -0.136. The average Bonchev–Trinajstić information content (AvgIpc) is 3.19. The van der Waals surface area contributed by atoms with Crippen molar-refractivity contribution in [2.24, 2.45) is 0 Å². The fraction of sp³-hybridized carbons (Fsp3) is 0.407. The summed E-state index contributed by atoms with van der Waals surface area (Å²) >= 11 is 0. The first-order valence-electron chi connectivity index (χ1n) is 12.1. The van der Waals surface area contributed by atoms with Gasteiger partial charge >= 0.3 is 0 Å². The van der Waals surface area contributed by atoms with Gasteiger partial charge in [0.05, 0.1) is 0 Å². The highest BCUT2D eigenvalue weighted by atomic mass is 16.5. The second-order valence-corrected chi connectivity index (χ2v) is 9.46. The Morgan fingerprint density at radius 3 is 2.51 bits per heavy atom. The van der Waals surface area contributed by atoms with Crippen molar-refractivity contribution in [1.29, 1.82) is 5.26 Å². The summed E-state index contributed by atoms with van der Waals surface area (Å²) in [6.45, 7) is 3.34. The number of hydrogen-bond donors (Lipinski definition) is 1. The number of fused-ring (bicyclic) bond motifs is 1. The monoisotopic (exact) mass is 472 g/mol. The number of rotatable bonds is 6. The van der Waals surface area contributed by atoms with Gasteiger partial charge in [-0.1, -0.05) is 24.3 Å². The molecule has 0 radical (unpaired) electrons. The lowest BCUT2D eigenvalue weighted by atomic mass is 9.87. The van der Waals surface area contributed by atoms with E-state index in [-0.39, 0.29) is 30.7 Å². The number of imide groups is 1. The van der Waals surface area contributed by atoms with Crippen molar-refractivity contribution < 1.29 is 19.1 Å². The number of likely N-dealkylation sites (tertiary alicyclic amines) is 1. The van der Waals surface area contributed by atoms with Crippen molar-refractivity contribution in [1.82, 2.24) is 15.1 Å². The fourth-order valence-electron chi connectivity index (χ4n) is 5.34. The Kier molecular flexibility index (Phi) is 6.51. The second kappa shape index (κ2) is 9.88. The predicted molar refractivity (Wildman–Crippen MR) is 127 cm³/mol. The molecule has 3 amide bonds. The highest BCUT2D eigenvalue weighted by Crippen LogP contribution is 2.34. The van der Waals surface area contributed by atoms with Crippen LogP contribution in [-0.2, 0) is 22.7 Å². The van der Waals surface area contributed by atoms with Crippen LogP contribution in [0.25, 0.3) is 0 Å². The normalized spacial score (nSPS) is 20.9. The molecule has 1 atom stereocenters. The van der Waals surface area contributed by atoms with Crippen molar-refractivity contribution >= 4 is 17.7 Å². The molecule has 3 heterocycles. The Morgan fingerprint density at radius 1 is 1.03 bits per heavy atom. The molecule has 2 aromatic rings. The third-order valence-corrected chi connectivity index (χ3v) is 7.24. The molecule has 5 rings (SSSR count). The van der Waals surface area contributed by atoms with Crippen LogP contribution in [0.4, 0.5) is 0 Å². The van der Waals surface area contributed by atoms with E-state index < -0.39 is 6.04 Å². The minimum absolute atomic E-state index is 0.0542. The molecule has 3 aliphatic heterocycles. The van der Waals surface area contributed by atoms with E-state index in [4.69, 9.17) is 10.00 Å². The molecule has 2 fully saturated rings. The van der Waals surface area contributed by atoms with Crippen molar-refractivity contribution in [3.63, 3.8) is 0 Å². The van der Waals surface area contributed by atoms with Gasteiger partial charge in [0.2, 0.25) is 11.8 Å². The Balaban J connectivity index is 1.17. The van der Waals surface area contributed by atoms with Gasteiger partial charge in [0.15, 0.2) is 6.61 Å². The molecule has 2 aromatic carbocycles. The number of hydrogen-bond acceptors (Lipinski definition) is 6. The SMILES string of the molecule is N#CCOc1ccc(CN2CCC(c3ccc4c(c3)CN(C3CCC(=O)NC3=O)C4=O)CC2)cc1. The first-order valence-corrected chi connectivity index (χ1v) is 12.1. The van der Waals surface area contributed by atoms with Crippen LogP contribution in [0, 0.1) is 11.3 Å². The van der Waals surface area contributed by atoms with Gasteiger partial charge in [0, 0.05) is 25.1 Å². The maximum Gasteiger partial charge on any atom is 0.255 e. The molecule has 0 spiro atoms. The Bertz CT molecular complexity index is 1180. The summed E-state index contributed by atoms with van der Waals surface area (Å²) in [5, 5.41) is 11.0. The maximum absolute atomic E-state index is 12.9. The van der Waals surface area contributed by atoms with E-state index in [0.717, 1.165) is 38.0 Å². The highest BCUT2D eigenvalue weighted by Gasteiger charge is 2.39. The summed E-state index contributed by atoms with van der Waals surface area (Å²) < 4.78 is 5.32. The molecular weight excluding hydrogens is 444 g/mol. The fourth-order valence-corrected chi connectivity index (χ4v) is 5.34. The highest BCUT2D eigenvalue weighted by molar-refractivity contribution is 6.05. The zero-order valence-corrected chi connectivity index (χ0v) is 19.5. The molecule has 0 bridgehead atoms. The number of nitrogens with one attached hydrogen (secondary N) is 1. The number of piperidine rings is 2. The standard InChI is InChI=1S/C27H28N4O4/c28-11-14-35-22-4-1-18(2-5-22)16-30-12-9-19(10-13-30)20-3-6-23-21(15-20)17-31(27(23)34)24-7-8-25(32)29-26(24)33/h1-6,15,19,24H,7-10,12-14,16-17H2,(H,29,32,33). The Hall–Kier alpha value is -3.70. The van der Waals surface area contributed by atoms with Gasteiger partial charge in [-0.15, -0.1) is 0 Å². The molecule has 3 aliphatic rings. The lowest BCUT2D eigenvalue weighted by Crippen LogP contribution is -2.52. The minimum atomic E-state index is -0.578. The molecule has 8 nitrogen and oxygen atoms in total. The third-order valence-electron chi connectivity index (χ3n) is 7.24. The van der Waals surface area contributed by atoms with E-state index in [1.54, 1.807) is 4.90 Å². The van der Waals surface area contributed by atoms with Crippen LogP contribution in [0.5, 0.6) is 5.75 Å². The third kappa shape index (κ3) is 4.91.